The molecule has 0 saturated carbocycles. The van der Waals surface area contributed by atoms with E-state index < -0.39 is 17.6 Å². The third kappa shape index (κ3) is 6.33. The summed E-state index contributed by atoms with van der Waals surface area (Å²) in [7, 11) is 0. The number of aromatic nitrogens is 3. The molecule has 2 aliphatic rings. The lowest BCUT2D eigenvalue weighted by Gasteiger charge is -2.32. The number of fused-ring (bicyclic) bond motifs is 1. The maximum Gasteiger partial charge on any atom is 0.338 e. The third-order valence-electron chi connectivity index (χ3n) is 7.59. The van der Waals surface area contributed by atoms with E-state index in [1.807, 2.05) is 4.57 Å². The Labute approximate surface area is 245 Å². The lowest BCUT2D eigenvalue weighted by molar-refractivity contribution is -0.0592. The van der Waals surface area contributed by atoms with Crippen LogP contribution in [0, 0.1) is 11.6 Å². The van der Waals surface area contributed by atoms with Crippen molar-refractivity contribution in [3.8, 4) is 11.5 Å². The Bertz CT molecular complexity index is 1600. The summed E-state index contributed by atoms with van der Waals surface area (Å²) in [4.78, 5) is 22.8. The summed E-state index contributed by atoms with van der Waals surface area (Å²) in [5, 5.41) is 9.72. The van der Waals surface area contributed by atoms with Crippen molar-refractivity contribution in [1.29, 1.82) is 0 Å². The smallest absolute Gasteiger partial charge is 0.338 e. The van der Waals surface area contributed by atoms with Crippen LogP contribution in [0.2, 0.25) is 5.02 Å². The standard InChI is InChI=1S/C30H29ClF2N4O5/c31-18-1-2-28(25(33)11-18)41-17-19-12-21(3-7-34-19)42-20-4-8-36(9-5-20)16-29-35-26-14-24(32)23(30(38)39)13-27(26)37(29)15-22-6-10-40-22/h1-3,7,11-14,20,22H,4-6,8-10,15-17H2,(H,38,39)/t22-/m0/s1. The molecular formula is C30H29ClF2N4O5. The average molecular weight is 599 g/mol. The number of pyridine rings is 1. The predicted octanol–water partition coefficient (Wildman–Crippen LogP) is 5.47. The van der Waals surface area contributed by atoms with Crippen LogP contribution in [0.5, 0.6) is 11.5 Å². The molecule has 4 heterocycles. The summed E-state index contributed by atoms with van der Waals surface area (Å²) in [5.74, 6) is -1.14. The number of carboxylic acids is 1. The summed E-state index contributed by atoms with van der Waals surface area (Å²) in [5.41, 5.74) is 1.26. The van der Waals surface area contributed by atoms with Crippen molar-refractivity contribution >= 4 is 28.6 Å². The minimum absolute atomic E-state index is 0.000502. The normalized spacial score (nSPS) is 17.7. The molecule has 9 nitrogen and oxygen atoms in total. The van der Waals surface area contributed by atoms with Crippen LogP contribution in [0.25, 0.3) is 11.0 Å². The fourth-order valence-corrected chi connectivity index (χ4v) is 5.40. The summed E-state index contributed by atoms with van der Waals surface area (Å²) in [6.45, 7) is 3.38. The van der Waals surface area contributed by atoms with E-state index >= 15 is 0 Å². The lowest BCUT2D eigenvalue weighted by Crippen LogP contribution is -2.39. The summed E-state index contributed by atoms with van der Waals surface area (Å²) >= 11 is 5.80. The summed E-state index contributed by atoms with van der Waals surface area (Å²) < 4.78 is 47.8. The molecule has 6 rings (SSSR count). The molecule has 2 aromatic carbocycles. The molecule has 2 aromatic heterocycles. The highest BCUT2D eigenvalue weighted by molar-refractivity contribution is 6.30. The Morgan fingerprint density at radius 3 is 2.62 bits per heavy atom. The van der Waals surface area contributed by atoms with E-state index in [1.54, 1.807) is 24.4 Å². The number of nitrogens with zero attached hydrogens (tertiary/aromatic N) is 4. The van der Waals surface area contributed by atoms with E-state index in [2.05, 4.69) is 14.9 Å². The average Bonchev–Trinajstić information content (AvgIpc) is 3.26. The first kappa shape index (κ1) is 28.3. The quantitative estimate of drug-likeness (QED) is 0.257. The minimum Gasteiger partial charge on any atom is -0.490 e. The largest absolute Gasteiger partial charge is 0.490 e. The molecule has 12 heteroatoms. The Kier molecular flexibility index (Phi) is 8.23. The van der Waals surface area contributed by atoms with E-state index in [9.17, 15) is 18.7 Å². The summed E-state index contributed by atoms with van der Waals surface area (Å²) in [6.07, 6.45) is 4.15. The number of benzene rings is 2. The van der Waals surface area contributed by atoms with Gasteiger partial charge in [-0.1, -0.05) is 11.6 Å². The molecule has 4 aromatic rings. The van der Waals surface area contributed by atoms with Crippen molar-refractivity contribution in [2.75, 3.05) is 19.7 Å². The van der Waals surface area contributed by atoms with Gasteiger partial charge in [-0.25, -0.2) is 18.6 Å². The van der Waals surface area contributed by atoms with Gasteiger partial charge in [0.2, 0.25) is 0 Å². The van der Waals surface area contributed by atoms with Crippen LogP contribution in [0.4, 0.5) is 8.78 Å². The van der Waals surface area contributed by atoms with Gasteiger partial charge in [-0.3, -0.25) is 9.88 Å². The van der Waals surface area contributed by atoms with Gasteiger partial charge in [0, 0.05) is 43.0 Å². The van der Waals surface area contributed by atoms with Crippen LogP contribution >= 0.6 is 11.6 Å². The monoisotopic (exact) mass is 598 g/mol. The van der Waals surface area contributed by atoms with Gasteiger partial charge in [0.05, 0.1) is 41.5 Å². The maximum atomic E-state index is 14.4. The highest BCUT2D eigenvalue weighted by atomic mass is 35.5. The SMILES string of the molecule is O=C(O)c1cc2c(cc1F)nc(CN1CCC(Oc3ccnc(COc4ccc(Cl)cc4F)c3)CC1)n2C[C@@H]1CCO1. The number of carboxylic acid groups (broad SMARTS) is 1. The summed E-state index contributed by atoms with van der Waals surface area (Å²) in [6, 6.07) is 10.4. The van der Waals surface area contributed by atoms with Gasteiger partial charge in [-0.2, -0.15) is 0 Å². The zero-order valence-electron chi connectivity index (χ0n) is 22.6. The number of hydrogen-bond donors (Lipinski definition) is 1. The number of piperidine rings is 1. The van der Waals surface area contributed by atoms with Crippen molar-refractivity contribution in [3.63, 3.8) is 0 Å². The molecular weight excluding hydrogens is 570 g/mol. The molecule has 2 fully saturated rings. The molecule has 2 saturated heterocycles. The highest BCUT2D eigenvalue weighted by Crippen LogP contribution is 2.27. The molecule has 0 amide bonds. The number of likely N-dealkylation sites (tertiary alicyclic amines) is 1. The van der Waals surface area contributed by atoms with E-state index in [-0.39, 0.29) is 30.1 Å². The molecule has 0 unspecified atom stereocenters. The second-order valence-corrected chi connectivity index (χ2v) is 10.9. The van der Waals surface area contributed by atoms with Crippen molar-refractivity contribution in [3.05, 3.63) is 82.4 Å². The highest BCUT2D eigenvalue weighted by Gasteiger charge is 2.26. The van der Waals surface area contributed by atoms with Crippen LogP contribution in [-0.2, 0) is 24.4 Å². The second-order valence-electron chi connectivity index (χ2n) is 10.5. The Hall–Kier alpha value is -3.80. The van der Waals surface area contributed by atoms with Crippen LogP contribution in [-0.4, -0.2) is 62.4 Å². The molecule has 2 aliphatic heterocycles. The van der Waals surface area contributed by atoms with E-state index in [0.29, 0.717) is 47.2 Å². The minimum atomic E-state index is -1.31. The van der Waals surface area contributed by atoms with Crippen LogP contribution < -0.4 is 9.47 Å². The molecule has 220 valence electrons. The fraction of sp³-hybridized carbons (Fsp3) is 0.367. The molecule has 0 aliphatic carbocycles. The van der Waals surface area contributed by atoms with E-state index in [0.717, 1.165) is 38.2 Å². The first-order valence-electron chi connectivity index (χ1n) is 13.8. The number of halogens is 3. The number of aromatic carboxylic acids is 1. The third-order valence-corrected chi connectivity index (χ3v) is 7.82. The van der Waals surface area contributed by atoms with Crippen LogP contribution in [0.1, 0.15) is 41.1 Å². The van der Waals surface area contributed by atoms with Gasteiger partial charge in [-0.05, 0) is 49.6 Å². The predicted molar refractivity (Wildman–Crippen MR) is 150 cm³/mol. The first-order valence-corrected chi connectivity index (χ1v) is 14.2. The maximum absolute atomic E-state index is 14.4. The number of imidazole rings is 1. The number of carbonyl (C=O) groups is 1. The molecule has 42 heavy (non-hydrogen) atoms. The van der Waals surface area contributed by atoms with Crippen molar-refractivity contribution in [1.82, 2.24) is 19.4 Å². The van der Waals surface area contributed by atoms with E-state index in [1.165, 1.54) is 24.3 Å². The van der Waals surface area contributed by atoms with Gasteiger partial charge in [-0.15, -0.1) is 0 Å². The van der Waals surface area contributed by atoms with Crippen LogP contribution in [0.15, 0.2) is 48.7 Å². The zero-order valence-corrected chi connectivity index (χ0v) is 23.4. The molecule has 0 radical (unpaired) electrons. The number of rotatable bonds is 10. The Morgan fingerprint density at radius 1 is 1.10 bits per heavy atom. The van der Waals surface area contributed by atoms with Crippen molar-refractivity contribution in [2.45, 2.75) is 51.2 Å². The van der Waals surface area contributed by atoms with Gasteiger partial charge < -0.3 is 23.9 Å². The topological polar surface area (TPSA) is 98.9 Å². The molecule has 0 bridgehead atoms. The van der Waals surface area contributed by atoms with Crippen molar-refractivity contribution < 1.29 is 32.9 Å². The van der Waals surface area contributed by atoms with Gasteiger partial charge >= 0.3 is 5.97 Å². The molecule has 1 atom stereocenters. The van der Waals surface area contributed by atoms with E-state index in [4.69, 9.17) is 25.8 Å². The van der Waals surface area contributed by atoms with Gasteiger partial charge in [0.15, 0.2) is 11.6 Å². The Morgan fingerprint density at radius 2 is 1.90 bits per heavy atom. The second kappa shape index (κ2) is 12.2. The molecule has 1 N–H and O–H groups in total. The first-order chi connectivity index (χ1) is 20.3. The fourth-order valence-electron chi connectivity index (χ4n) is 5.25. The molecule has 0 spiro atoms. The zero-order chi connectivity index (χ0) is 29.2. The van der Waals surface area contributed by atoms with Crippen LogP contribution in [0.3, 0.4) is 0 Å². The van der Waals surface area contributed by atoms with Crippen molar-refractivity contribution in [2.24, 2.45) is 0 Å². The van der Waals surface area contributed by atoms with Gasteiger partial charge in [0.1, 0.15) is 30.1 Å². The lowest BCUT2D eigenvalue weighted by atomic mass is 10.1. The number of hydrogen-bond acceptors (Lipinski definition) is 7. The Balaban J connectivity index is 1.08. The van der Waals surface area contributed by atoms with Gasteiger partial charge in [0.25, 0.3) is 0 Å². The number of ether oxygens (including phenoxy) is 3.